The van der Waals surface area contributed by atoms with E-state index in [-0.39, 0.29) is 21.8 Å². The van der Waals surface area contributed by atoms with E-state index in [9.17, 15) is 10.2 Å². The molecule has 2 rings (SSSR count). The van der Waals surface area contributed by atoms with Crippen LogP contribution in [0.5, 0.6) is 11.5 Å². The van der Waals surface area contributed by atoms with E-state index in [2.05, 4.69) is 73.8 Å². The zero-order valence-electron chi connectivity index (χ0n) is 19.6. The normalized spacial score (nSPS) is 8.76. The van der Waals surface area contributed by atoms with E-state index in [4.69, 9.17) is 0 Å². The van der Waals surface area contributed by atoms with Crippen molar-refractivity contribution < 1.29 is 15.1 Å². The Kier molecular flexibility index (Phi) is 32.1. The molecule has 0 aliphatic carbocycles. The van der Waals surface area contributed by atoms with Gasteiger partial charge in [-0.15, -0.1) is 0 Å². The van der Waals surface area contributed by atoms with Crippen molar-refractivity contribution in [2.45, 2.75) is 74.7 Å². The Morgan fingerprint density at radius 1 is 0.552 bits per heavy atom. The molecule has 0 saturated carbocycles. The van der Waals surface area contributed by atoms with Crippen molar-refractivity contribution in [3.05, 3.63) is 59.7 Å². The Morgan fingerprint density at radius 2 is 0.724 bits per heavy atom. The van der Waals surface area contributed by atoms with Crippen molar-refractivity contribution in [3.8, 4) is 11.5 Å². The van der Waals surface area contributed by atoms with Gasteiger partial charge in [0, 0.05) is 5.41 Å². The maximum absolute atomic E-state index is 9.30. The third-order valence-corrected chi connectivity index (χ3v) is 3.18. The van der Waals surface area contributed by atoms with Crippen LogP contribution < -0.4 is 0 Å². The summed E-state index contributed by atoms with van der Waals surface area (Å²) >= 11 is 7.39. The monoisotopic (exact) mass is 780 g/mol. The number of rotatable bonds is 2. The molecule has 0 aromatic heterocycles. The molecule has 0 atom stereocenters. The van der Waals surface area contributed by atoms with Crippen LogP contribution in [0.15, 0.2) is 48.5 Å². The van der Waals surface area contributed by atoms with Crippen LogP contribution in [-0.2, 0) is 10.3 Å². The number of phenolic OH excluding ortho intramolecular Hbond substituents is 2. The summed E-state index contributed by atoms with van der Waals surface area (Å²) in [5.74, 6) is 0.547. The topological polar surface area (TPSA) is 40.5 Å². The number of aromatic hydroxyl groups is 2. The van der Waals surface area contributed by atoms with Crippen LogP contribution in [0.4, 0.5) is 0 Å². The van der Waals surface area contributed by atoms with Crippen LogP contribution in [0.2, 0.25) is 0 Å². The van der Waals surface area contributed by atoms with E-state index in [1.807, 2.05) is 79.7 Å². The van der Waals surface area contributed by atoms with Gasteiger partial charge < -0.3 is 10.2 Å². The first-order chi connectivity index (χ1) is 13.7. The second kappa shape index (κ2) is 25.1. The van der Waals surface area contributed by atoms with Crippen molar-refractivity contribution in [1.29, 1.82) is 0 Å². The third-order valence-electron chi connectivity index (χ3n) is 3.18. The standard InChI is InChI=1S/C15H16O2.4C2H6.3HI.V/c1-15(2,11-3-7-13(16)8-4-11)12-5-9-14(17)10-6-12;4*1-2;;;;/h3-10,16-17H,1-2H3;4*1-2H3;3*1H;/q;;;;;;;;+3/p-3. The van der Waals surface area contributed by atoms with Gasteiger partial charge in [0.25, 0.3) is 0 Å². The van der Waals surface area contributed by atoms with Crippen molar-refractivity contribution in [2.24, 2.45) is 0 Å². The molecule has 0 bridgehead atoms. The molecule has 0 saturated heterocycles. The number of halogens is 3. The van der Waals surface area contributed by atoms with Gasteiger partial charge in [0.1, 0.15) is 11.5 Å². The molecule has 29 heavy (non-hydrogen) atoms. The van der Waals surface area contributed by atoms with Gasteiger partial charge >= 0.3 is 64.9 Å². The molecule has 6 heteroatoms. The van der Waals surface area contributed by atoms with Crippen LogP contribution in [0.1, 0.15) is 80.4 Å². The van der Waals surface area contributed by atoms with Gasteiger partial charge in [0.2, 0.25) is 0 Å². The predicted octanol–water partition coefficient (Wildman–Crippen LogP) is 10.2. The van der Waals surface area contributed by atoms with E-state index < -0.39 is 0 Å². The number of hydrogen-bond donors (Lipinski definition) is 2. The SMILES string of the molecule is CC.CC.CC.CC.CC(C)(c1ccc(O)cc1)c1ccc(O)cc1.[I][V]([I])[I]. The molecule has 0 spiro atoms. The van der Waals surface area contributed by atoms with Crippen LogP contribution in [0, 0.1) is 0 Å². The summed E-state index contributed by atoms with van der Waals surface area (Å²) < 4.78 is 0. The summed E-state index contributed by atoms with van der Waals surface area (Å²) in [4.78, 5) is -0.278. The molecule has 2 N–H and O–H groups in total. The van der Waals surface area contributed by atoms with Gasteiger partial charge in [0.15, 0.2) is 0 Å². The van der Waals surface area contributed by atoms with Crippen LogP contribution in [0.25, 0.3) is 0 Å². The first kappa shape index (κ1) is 37.1. The van der Waals surface area contributed by atoms with Crippen molar-refractivity contribution >= 4 is 59.9 Å². The zero-order valence-corrected chi connectivity index (χ0v) is 27.5. The maximum atomic E-state index is 9.30. The number of phenols is 2. The quantitative estimate of drug-likeness (QED) is 0.298. The molecule has 0 radical (unpaired) electrons. The second-order valence-corrected chi connectivity index (χ2v) is 40.3. The van der Waals surface area contributed by atoms with E-state index in [0.29, 0.717) is 0 Å². The molecule has 2 aromatic rings. The Balaban J connectivity index is -0.000000221. The summed E-state index contributed by atoms with van der Waals surface area (Å²) in [5, 5.41) is 18.6. The fourth-order valence-corrected chi connectivity index (χ4v) is 1.92. The average molecular weight is 780 g/mol. The Bertz CT molecular complexity index is 507. The van der Waals surface area contributed by atoms with Gasteiger partial charge in [-0.25, -0.2) is 0 Å². The summed E-state index contributed by atoms with van der Waals surface area (Å²) in [6, 6.07) is 14.4. The first-order valence-electron chi connectivity index (χ1n) is 10.1. The van der Waals surface area contributed by atoms with E-state index in [1.54, 1.807) is 24.3 Å². The van der Waals surface area contributed by atoms with E-state index in [0.717, 1.165) is 11.1 Å². The number of hydrogen-bond acceptors (Lipinski definition) is 2. The fourth-order valence-electron chi connectivity index (χ4n) is 1.92. The Labute approximate surface area is 218 Å². The van der Waals surface area contributed by atoms with E-state index in [1.165, 1.54) is 0 Å². The first-order valence-corrected chi connectivity index (χ1v) is 23.6. The molecular weight excluding hydrogens is 740 g/mol. The molecule has 0 fully saturated rings. The van der Waals surface area contributed by atoms with Gasteiger partial charge in [-0.05, 0) is 35.4 Å². The minimum atomic E-state index is -0.278. The minimum absolute atomic E-state index is 0.151. The molecule has 0 unspecified atom stereocenters. The summed E-state index contributed by atoms with van der Waals surface area (Å²) in [7, 11) is 0. The van der Waals surface area contributed by atoms with Crippen molar-refractivity contribution in [1.82, 2.24) is 0 Å². The number of benzene rings is 2. The Morgan fingerprint density at radius 3 is 0.897 bits per heavy atom. The second-order valence-electron chi connectivity index (χ2n) is 4.91. The molecule has 2 aromatic carbocycles. The summed E-state index contributed by atoms with van der Waals surface area (Å²) in [6.07, 6.45) is 0. The zero-order chi connectivity index (χ0) is 24.0. The molecule has 0 aliphatic heterocycles. The van der Waals surface area contributed by atoms with Crippen LogP contribution >= 0.6 is 59.9 Å². The summed E-state index contributed by atoms with van der Waals surface area (Å²) in [6.45, 7) is 20.2. The molecule has 170 valence electrons. The van der Waals surface area contributed by atoms with Gasteiger partial charge in [0.05, 0.1) is 0 Å². The Hall–Kier alpha value is 0.814. The van der Waals surface area contributed by atoms with Gasteiger partial charge in [-0.2, -0.15) is 0 Å². The molecule has 0 heterocycles. The van der Waals surface area contributed by atoms with Crippen LogP contribution in [0.3, 0.4) is 0 Å². The average Bonchev–Trinajstić information content (AvgIpc) is 2.74. The van der Waals surface area contributed by atoms with Gasteiger partial charge in [-0.3, -0.25) is 0 Å². The fraction of sp³-hybridized carbons (Fsp3) is 0.478. The molecule has 2 nitrogen and oxygen atoms in total. The third kappa shape index (κ3) is 19.2. The molecule has 0 aliphatic rings. The van der Waals surface area contributed by atoms with Gasteiger partial charge in [-0.1, -0.05) is 93.5 Å². The molecule has 0 amide bonds. The van der Waals surface area contributed by atoms with Crippen LogP contribution in [-0.4, -0.2) is 10.2 Å². The van der Waals surface area contributed by atoms with Crippen molar-refractivity contribution in [2.75, 3.05) is 0 Å². The predicted molar refractivity (Wildman–Crippen MR) is 156 cm³/mol. The van der Waals surface area contributed by atoms with E-state index >= 15 is 0 Å². The molecular formula is C23H40I3O2V. The van der Waals surface area contributed by atoms with Crippen molar-refractivity contribution in [3.63, 3.8) is 0 Å². The summed E-state index contributed by atoms with van der Waals surface area (Å²) in [5.41, 5.74) is 2.10.